The molecule has 0 bridgehead atoms. The summed E-state index contributed by atoms with van der Waals surface area (Å²) in [6.07, 6.45) is 5.38. The van der Waals surface area contributed by atoms with E-state index in [0.717, 1.165) is 24.1 Å². The molecule has 2 heterocycles. The Hall–Kier alpha value is -2.67. The molecule has 134 valence electrons. The highest BCUT2D eigenvalue weighted by Crippen LogP contribution is 2.30. The third-order valence-electron chi connectivity index (χ3n) is 4.52. The van der Waals surface area contributed by atoms with Crippen LogP contribution in [0.2, 0.25) is 0 Å². The number of anilines is 1. The second-order valence-corrected chi connectivity index (χ2v) is 7.61. The van der Waals surface area contributed by atoms with Crippen LogP contribution in [0.4, 0.5) is 10.5 Å². The average Bonchev–Trinajstić information content (AvgIpc) is 3.18. The first-order valence-corrected chi connectivity index (χ1v) is 9.59. The van der Waals surface area contributed by atoms with Gasteiger partial charge < -0.3 is 10.2 Å². The van der Waals surface area contributed by atoms with Crippen molar-refractivity contribution in [3.8, 4) is 0 Å². The van der Waals surface area contributed by atoms with Crippen molar-refractivity contribution >= 4 is 23.1 Å². The number of carbonyl (C=O) groups excluding carboxylic acids is 1. The number of nitrogens with one attached hydrogen (secondary N) is 1. The highest BCUT2D eigenvalue weighted by Gasteiger charge is 2.33. The Labute approximate surface area is 156 Å². The Morgan fingerprint density at radius 1 is 1.38 bits per heavy atom. The Morgan fingerprint density at radius 2 is 2.27 bits per heavy atom. The lowest BCUT2D eigenvalue weighted by Gasteiger charge is -2.23. The Bertz CT molecular complexity index is 885. The van der Waals surface area contributed by atoms with Gasteiger partial charge in [-0.15, -0.1) is 11.3 Å². The van der Waals surface area contributed by atoms with E-state index in [1.54, 1.807) is 22.3 Å². The molecule has 0 saturated heterocycles. The molecule has 26 heavy (non-hydrogen) atoms. The molecule has 1 aliphatic carbocycles. The molecule has 0 unspecified atom stereocenters. The van der Waals surface area contributed by atoms with Crippen molar-refractivity contribution in [3.05, 3.63) is 64.4 Å². The fourth-order valence-electron chi connectivity index (χ4n) is 2.92. The van der Waals surface area contributed by atoms with Gasteiger partial charge in [0.25, 0.3) is 0 Å². The molecule has 0 aliphatic heterocycles. The van der Waals surface area contributed by atoms with Gasteiger partial charge in [0.05, 0.1) is 13.1 Å². The molecule has 2 aromatic heterocycles. The van der Waals surface area contributed by atoms with Crippen LogP contribution in [0.1, 0.15) is 28.8 Å². The van der Waals surface area contributed by atoms with E-state index >= 15 is 0 Å². The number of rotatable bonds is 6. The summed E-state index contributed by atoms with van der Waals surface area (Å²) < 4.78 is 1.76. The van der Waals surface area contributed by atoms with Crippen molar-refractivity contribution in [2.75, 3.05) is 5.32 Å². The molecule has 0 atom stereocenters. The highest BCUT2D eigenvalue weighted by molar-refractivity contribution is 7.10. The summed E-state index contributed by atoms with van der Waals surface area (Å²) in [5.41, 5.74) is 3.13. The lowest BCUT2D eigenvalue weighted by atomic mass is 10.2. The van der Waals surface area contributed by atoms with Crippen LogP contribution in [-0.2, 0) is 13.1 Å². The largest absolute Gasteiger partial charge is 0.322 e. The number of aryl methyl sites for hydroxylation is 1. The molecule has 7 heteroatoms. The van der Waals surface area contributed by atoms with Crippen molar-refractivity contribution in [1.82, 2.24) is 19.7 Å². The minimum absolute atomic E-state index is 0.0294. The Balaban J connectivity index is 1.45. The predicted molar refractivity (Wildman–Crippen MR) is 102 cm³/mol. The Morgan fingerprint density at radius 3 is 2.96 bits per heavy atom. The molecule has 1 aromatic carbocycles. The first-order valence-electron chi connectivity index (χ1n) is 8.71. The maximum Gasteiger partial charge on any atom is 0.322 e. The van der Waals surface area contributed by atoms with Crippen LogP contribution in [0, 0.1) is 6.92 Å². The van der Waals surface area contributed by atoms with Gasteiger partial charge in [-0.2, -0.15) is 5.10 Å². The van der Waals surface area contributed by atoms with Crippen molar-refractivity contribution < 1.29 is 4.79 Å². The topological polar surface area (TPSA) is 63.1 Å². The lowest BCUT2D eigenvalue weighted by molar-refractivity contribution is 0.206. The van der Waals surface area contributed by atoms with E-state index in [1.165, 1.54) is 16.8 Å². The molecule has 1 N–H and O–H groups in total. The molecule has 1 aliphatic rings. The summed E-state index contributed by atoms with van der Waals surface area (Å²) in [5, 5.41) is 9.27. The van der Waals surface area contributed by atoms with E-state index in [4.69, 9.17) is 0 Å². The van der Waals surface area contributed by atoms with Crippen LogP contribution < -0.4 is 5.32 Å². The Kier molecular flexibility index (Phi) is 4.71. The van der Waals surface area contributed by atoms with E-state index in [1.807, 2.05) is 29.2 Å². The fourth-order valence-corrected chi connectivity index (χ4v) is 3.82. The molecule has 6 nitrogen and oxygen atoms in total. The van der Waals surface area contributed by atoms with Crippen LogP contribution in [0.5, 0.6) is 0 Å². The van der Waals surface area contributed by atoms with E-state index < -0.39 is 0 Å². The van der Waals surface area contributed by atoms with E-state index in [9.17, 15) is 4.79 Å². The molecule has 2 amide bonds. The zero-order valence-electron chi connectivity index (χ0n) is 14.6. The SMILES string of the molecule is Cc1ccsc1CN(C(=O)Nc1cccc(Cn2cncn2)c1)C1CC1. The molecule has 1 fully saturated rings. The van der Waals surface area contributed by atoms with Gasteiger partial charge >= 0.3 is 6.03 Å². The number of aromatic nitrogens is 3. The second-order valence-electron chi connectivity index (χ2n) is 6.61. The van der Waals surface area contributed by atoms with E-state index in [-0.39, 0.29) is 6.03 Å². The smallest absolute Gasteiger partial charge is 0.316 e. The summed E-state index contributed by atoms with van der Waals surface area (Å²) in [6.45, 7) is 3.41. The number of nitrogens with zero attached hydrogens (tertiary/aromatic N) is 4. The van der Waals surface area contributed by atoms with Gasteiger partial charge in [-0.1, -0.05) is 12.1 Å². The van der Waals surface area contributed by atoms with Gasteiger partial charge in [-0.05, 0) is 54.5 Å². The van der Waals surface area contributed by atoms with Crippen molar-refractivity contribution in [3.63, 3.8) is 0 Å². The van der Waals surface area contributed by atoms with Crippen LogP contribution in [-0.4, -0.2) is 31.7 Å². The summed E-state index contributed by atoms with van der Waals surface area (Å²) in [6, 6.07) is 10.3. The minimum atomic E-state index is -0.0294. The van der Waals surface area contributed by atoms with Crippen molar-refractivity contribution in [1.29, 1.82) is 0 Å². The van der Waals surface area contributed by atoms with Gasteiger partial charge in [0.1, 0.15) is 12.7 Å². The summed E-state index contributed by atoms with van der Waals surface area (Å²) in [4.78, 5) is 20.0. The van der Waals surface area contributed by atoms with Crippen molar-refractivity contribution in [2.24, 2.45) is 0 Å². The predicted octanol–water partition coefficient (Wildman–Crippen LogP) is 3.89. The summed E-state index contributed by atoms with van der Waals surface area (Å²) in [7, 11) is 0. The summed E-state index contributed by atoms with van der Waals surface area (Å²) >= 11 is 1.71. The molecule has 0 radical (unpaired) electrons. The molecular formula is C19H21N5OS. The zero-order valence-corrected chi connectivity index (χ0v) is 15.4. The van der Waals surface area contributed by atoms with Crippen LogP contribution in [0.25, 0.3) is 0 Å². The van der Waals surface area contributed by atoms with Gasteiger partial charge in [0.15, 0.2) is 0 Å². The third-order valence-corrected chi connectivity index (χ3v) is 5.53. The number of hydrogen-bond donors (Lipinski definition) is 1. The quantitative estimate of drug-likeness (QED) is 0.719. The molecule has 3 aromatic rings. The van der Waals surface area contributed by atoms with Gasteiger partial charge in [0, 0.05) is 16.6 Å². The standard InChI is InChI=1S/C19H21N5OS/c1-14-7-8-26-18(14)11-24(17-5-6-17)19(25)22-16-4-2-3-15(9-16)10-23-13-20-12-21-23/h2-4,7-9,12-13,17H,5-6,10-11H2,1H3,(H,22,25). The number of amides is 2. The van der Waals surface area contributed by atoms with E-state index in [0.29, 0.717) is 19.1 Å². The number of benzene rings is 1. The normalized spacial score (nSPS) is 13.6. The molecule has 4 rings (SSSR count). The van der Waals surface area contributed by atoms with Gasteiger partial charge in [0.2, 0.25) is 0 Å². The van der Waals surface area contributed by atoms with Crippen LogP contribution in [0.3, 0.4) is 0 Å². The number of urea groups is 1. The average molecular weight is 367 g/mol. The van der Waals surface area contributed by atoms with Gasteiger partial charge in [-0.3, -0.25) is 0 Å². The summed E-state index contributed by atoms with van der Waals surface area (Å²) in [5.74, 6) is 0. The van der Waals surface area contributed by atoms with Crippen LogP contribution in [0.15, 0.2) is 48.4 Å². The molecule has 0 spiro atoms. The fraction of sp³-hybridized carbons (Fsp3) is 0.316. The number of hydrogen-bond acceptors (Lipinski definition) is 4. The van der Waals surface area contributed by atoms with Crippen molar-refractivity contribution in [2.45, 2.75) is 38.9 Å². The maximum atomic E-state index is 12.9. The zero-order chi connectivity index (χ0) is 17.9. The first-order chi connectivity index (χ1) is 12.7. The number of carbonyl (C=O) groups is 1. The van der Waals surface area contributed by atoms with Gasteiger partial charge in [-0.25, -0.2) is 14.5 Å². The monoisotopic (exact) mass is 367 g/mol. The van der Waals surface area contributed by atoms with E-state index in [2.05, 4.69) is 33.8 Å². The lowest BCUT2D eigenvalue weighted by Crippen LogP contribution is -2.36. The molecule has 1 saturated carbocycles. The number of thiophene rings is 1. The second kappa shape index (κ2) is 7.29. The maximum absolute atomic E-state index is 12.9. The highest BCUT2D eigenvalue weighted by atomic mass is 32.1. The first kappa shape index (κ1) is 16.8. The third kappa shape index (κ3) is 3.94. The van der Waals surface area contributed by atoms with Crippen LogP contribution >= 0.6 is 11.3 Å². The molecular weight excluding hydrogens is 346 g/mol. The minimum Gasteiger partial charge on any atom is -0.316 e.